The summed E-state index contributed by atoms with van der Waals surface area (Å²) >= 11 is 0. The first kappa shape index (κ1) is 13.3. The van der Waals surface area contributed by atoms with E-state index >= 15 is 0 Å². The third kappa shape index (κ3) is 3.64. The fourth-order valence-corrected chi connectivity index (χ4v) is 2.53. The van der Waals surface area contributed by atoms with Gasteiger partial charge in [-0.1, -0.05) is 65.9 Å². The van der Waals surface area contributed by atoms with Crippen LogP contribution < -0.4 is 10.4 Å². The molecule has 0 spiro atoms. The maximum absolute atomic E-state index is 3.96. The van der Waals surface area contributed by atoms with Crippen LogP contribution in [0.4, 0.5) is 0 Å². The van der Waals surface area contributed by atoms with Crippen molar-refractivity contribution in [1.29, 1.82) is 0 Å². The molecular weight excluding hydrogens is 278 g/mol. The number of nitrogens with one attached hydrogen (secondary N) is 2. The van der Waals surface area contributed by atoms with Crippen molar-refractivity contribution < 1.29 is 0 Å². The fraction of sp³-hybridized carbons (Fsp3) is 0. The highest BCUT2D eigenvalue weighted by Gasteiger charge is 2.05. The number of H-pyrrole nitrogens is 1. The predicted molar refractivity (Wildman–Crippen MR) is 83.5 cm³/mol. The van der Waals surface area contributed by atoms with Crippen molar-refractivity contribution in [3.8, 4) is 0 Å². The predicted octanol–water partition coefficient (Wildman–Crippen LogP) is 1.23. The van der Waals surface area contributed by atoms with E-state index in [0.717, 1.165) is 16.8 Å². The number of aromatic nitrogens is 4. The summed E-state index contributed by atoms with van der Waals surface area (Å²) in [5.74, 6) is 0. The lowest BCUT2D eigenvalue weighted by Crippen LogP contribution is -2.32. The number of aromatic amines is 1. The second-order valence-corrected chi connectivity index (χ2v) is 5.27. The Hall–Kier alpha value is -2.73. The molecule has 5 nitrogen and oxygen atoms in total. The number of nitrogens with zero attached hydrogens (tertiary/aromatic N) is 3. The van der Waals surface area contributed by atoms with Crippen molar-refractivity contribution in [2.45, 2.75) is 0 Å². The van der Waals surface area contributed by atoms with Crippen molar-refractivity contribution in [2.24, 2.45) is 0 Å². The molecule has 3 rings (SSSR count). The summed E-state index contributed by atoms with van der Waals surface area (Å²) < 4.78 is 0. The molecule has 0 saturated heterocycles. The van der Waals surface area contributed by atoms with Crippen LogP contribution in [0.25, 0.3) is 11.8 Å². The molecular formula is C15H13N5Si. The molecule has 2 radical (unpaired) electrons. The standard InChI is InChI=1S/C15H13N5Si/c1-3-7-12(8-4-1)11-14(13-9-5-2-6-10-13)18-21-15-16-19-20-17-15/h1-11,18H,(H,16,17,19,20). The number of rotatable bonds is 5. The minimum absolute atomic E-state index is 0.252. The second kappa shape index (κ2) is 6.62. The molecule has 102 valence electrons. The molecule has 0 amide bonds. The van der Waals surface area contributed by atoms with Gasteiger partial charge in [-0.3, -0.25) is 0 Å². The Morgan fingerprint density at radius 3 is 2.38 bits per heavy atom. The highest BCUT2D eigenvalue weighted by molar-refractivity contribution is 6.50. The van der Waals surface area contributed by atoms with E-state index < -0.39 is 0 Å². The normalized spacial score (nSPS) is 11.3. The molecule has 0 unspecified atom stereocenters. The van der Waals surface area contributed by atoms with Gasteiger partial charge < -0.3 is 4.98 Å². The second-order valence-electron chi connectivity index (χ2n) is 4.32. The van der Waals surface area contributed by atoms with Gasteiger partial charge in [0.1, 0.15) is 0 Å². The zero-order chi connectivity index (χ0) is 14.3. The summed E-state index contributed by atoms with van der Waals surface area (Å²) in [5.41, 5.74) is 3.95. The van der Waals surface area contributed by atoms with E-state index in [0.29, 0.717) is 5.45 Å². The molecule has 0 aliphatic heterocycles. The van der Waals surface area contributed by atoms with Crippen molar-refractivity contribution >= 4 is 26.9 Å². The van der Waals surface area contributed by atoms with Gasteiger partial charge in [0.15, 0.2) is 5.45 Å². The van der Waals surface area contributed by atoms with Gasteiger partial charge in [0.05, 0.1) is 0 Å². The number of tetrazole rings is 1. The Labute approximate surface area is 125 Å². The van der Waals surface area contributed by atoms with Crippen LogP contribution >= 0.6 is 0 Å². The lowest BCUT2D eigenvalue weighted by Gasteiger charge is -2.09. The van der Waals surface area contributed by atoms with E-state index in [9.17, 15) is 0 Å². The van der Waals surface area contributed by atoms with Crippen LogP contribution in [0.3, 0.4) is 0 Å². The van der Waals surface area contributed by atoms with Gasteiger partial charge in [0, 0.05) is 5.70 Å². The van der Waals surface area contributed by atoms with E-state index in [1.807, 2.05) is 36.4 Å². The van der Waals surface area contributed by atoms with E-state index in [2.05, 4.69) is 55.9 Å². The summed E-state index contributed by atoms with van der Waals surface area (Å²) in [4.78, 5) is 3.39. The van der Waals surface area contributed by atoms with Crippen molar-refractivity contribution in [2.75, 3.05) is 0 Å². The summed E-state index contributed by atoms with van der Waals surface area (Å²) in [5, 5.41) is 14.0. The molecule has 1 heterocycles. The minimum atomic E-state index is 0.252. The molecule has 21 heavy (non-hydrogen) atoms. The number of hydrogen-bond acceptors (Lipinski definition) is 4. The van der Waals surface area contributed by atoms with Crippen LogP contribution in [0.15, 0.2) is 60.7 Å². The number of benzene rings is 2. The Bertz CT molecular complexity index is 695. The van der Waals surface area contributed by atoms with Gasteiger partial charge in [-0.15, -0.1) is 10.2 Å². The van der Waals surface area contributed by atoms with Gasteiger partial charge >= 0.3 is 0 Å². The minimum Gasteiger partial charge on any atom is -0.405 e. The highest BCUT2D eigenvalue weighted by atomic mass is 28.2. The molecule has 0 aliphatic rings. The largest absolute Gasteiger partial charge is 0.405 e. The molecule has 6 heteroatoms. The molecule has 0 aliphatic carbocycles. The zero-order valence-electron chi connectivity index (χ0n) is 11.2. The van der Waals surface area contributed by atoms with Gasteiger partial charge in [-0.2, -0.15) is 5.21 Å². The Morgan fingerprint density at radius 1 is 1.00 bits per heavy atom. The SMILES string of the molecule is C(=C(N[Si]c1nn[nH]n1)c1ccccc1)c1ccccc1. The average Bonchev–Trinajstić information content (AvgIpc) is 3.07. The Balaban J connectivity index is 1.86. The maximum Gasteiger partial charge on any atom is 0.275 e. The van der Waals surface area contributed by atoms with Crippen molar-refractivity contribution in [3.05, 3.63) is 71.8 Å². The van der Waals surface area contributed by atoms with Crippen LogP contribution in [0.1, 0.15) is 11.1 Å². The molecule has 0 atom stereocenters. The third-order valence-electron chi connectivity index (χ3n) is 2.85. The van der Waals surface area contributed by atoms with Crippen molar-refractivity contribution in [1.82, 2.24) is 25.6 Å². The summed E-state index contributed by atoms with van der Waals surface area (Å²) in [6.07, 6.45) is 2.11. The summed E-state index contributed by atoms with van der Waals surface area (Å²) in [7, 11) is 0.252. The summed E-state index contributed by atoms with van der Waals surface area (Å²) in [6, 6.07) is 20.4. The van der Waals surface area contributed by atoms with Gasteiger partial charge in [0.25, 0.3) is 9.68 Å². The molecule has 1 aromatic heterocycles. The van der Waals surface area contributed by atoms with Crippen LogP contribution in [0.2, 0.25) is 0 Å². The van der Waals surface area contributed by atoms with Gasteiger partial charge in [0.2, 0.25) is 0 Å². The molecule has 3 aromatic rings. The first-order chi connectivity index (χ1) is 10.4. The number of hydrogen-bond donors (Lipinski definition) is 2. The Kier molecular flexibility index (Phi) is 4.18. The van der Waals surface area contributed by atoms with Gasteiger partial charge in [-0.05, 0) is 17.2 Å². The first-order valence-corrected chi connectivity index (χ1v) is 7.49. The third-order valence-corrected chi connectivity index (χ3v) is 3.68. The molecule has 0 saturated carbocycles. The van der Waals surface area contributed by atoms with Crippen LogP contribution in [0.5, 0.6) is 0 Å². The van der Waals surface area contributed by atoms with E-state index in [-0.39, 0.29) is 9.68 Å². The van der Waals surface area contributed by atoms with Gasteiger partial charge in [-0.25, -0.2) is 0 Å². The first-order valence-electron chi connectivity index (χ1n) is 6.49. The average molecular weight is 291 g/mol. The summed E-state index contributed by atoms with van der Waals surface area (Å²) in [6.45, 7) is 0. The molecule has 0 bridgehead atoms. The van der Waals surface area contributed by atoms with Crippen LogP contribution in [-0.4, -0.2) is 30.3 Å². The smallest absolute Gasteiger partial charge is 0.275 e. The maximum atomic E-state index is 3.96. The fourth-order valence-electron chi connectivity index (χ4n) is 1.86. The quantitative estimate of drug-likeness (QED) is 0.548. The highest BCUT2D eigenvalue weighted by Crippen LogP contribution is 2.14. The Morgan fingerprint density at radius 2 is 1.71 bits per heavy atom. The van der Waals surface area contributed by atoms with E-state index in [4.69, 9.17) is 0 Å². The monoisotopic (exact) mass is 291 g/mol. The topological polar surface area (TPSA) is 66.5 Å². The van der Waals surface area contributed by atoms with Crippen LogP contribution in [-0.2, 0) is 0 Å². The molecule has 2 aromatic carbocycles. The lowest BCUT2D eigenvalue weighted by molar-refractivity contribution is 0.881. The van der Waals surface area contributed by atoms with E-state index in [1.54, 1.807) is 0 Å². The van der Waals surface area contributed by atoms with E-state index in [1.165, 1.54) is 0 Å². The molecule has 0 fully saturated rings. The molecule has 2 N–H and O–H groups in total. The lowest BCUT2D eigenvalue weighted by atomic mass is 10.1. The van der Waals surface area contributed by atoms with Crippen molar-refractivity contribution in [3.63, 3.8) is 0 Å². The van der Waals surface area contributed by atoms with Crippen LogP contribution in [0, 0.1) is 0 Å². The zero-order valence-corrected chi connectivity index (χ0v) is 12.2.